The Morgan fingerprint density at radius 3 is 1.08 bits per heavy atom. The highest BCUT2D eigenvalue weighted by molar-refractivity contribution is 5.76. The molecule has 0 aromatic carbocycles. The summed E-state index contributed by atoms with van der Waals surface area (Å²) in [4.78, 5) is 13.4. The van der Waals surface area contributed by atoms with Gasteiger partial charge in [0.2, 0.25) is 5.91 Å². The third-order valence-corrected chi connectivity index (χ3v) is 18.6. The van der Waals surface area contributed by atoms with Crippen LogP contribution < -0.4 is 5.32 Å². The zero-order valence-electron chi connectivity index (χ0n) is 57.7. The number of aliphatic hydroxyl groups excluding tert-OH is 11. The summed E-state index contributed by atoms with van der Waals surface area (Å²) in [5.74, 6) is -0.290. The maximum atomic E-state index is 13.4. The van der Waals surface area contributed by atoms with Crippen molar-refractivity contribution in [2.75, 3.05) is 26.4 Å². The van der Waals surface area contributed by atoms with Crippen LogP contribution in [0.5, 0.6) is 0 Å². The molecule has 0 radical (unpaired) electrons. The molecule has 0 aromatic rings. The standard InChI is InChI=1S/C74H135NO18/c1-3-5-7-9-11-13-15-17-19-21-23-25-26-27-28-29-30-32-33-35-37-39-41-43-45-47-49-51-58(79)57(75-62(80)52-50-48-46-44-42-40-38-36-34-31-24-22-20-18-16-14-12-10-8-6-4-2)56-88-72-68(86)65(83)70(60(54-77)90-72)93-74-69(87)66(84)71(61(55-78)91-74)92-73-67(85)64(82)63(81)59(53-76)89-73/h22,24,33,35,41,43,49,51,57-61,63-74,76-79,81-87H,3-21,23,25-32,34,36-40,42,44-48,50,52-56H2,1-2H3,(H,75,80)/b24-22-,35-33+,43-41+,51-49+. The van der Waals surface area contributed by atoms with Gasteiger partial charge in [0.15, 0.2) is 18.9 Å². The number of allylic oxidation sites excluding steroid dienone is 7. The molecule has 0 saturated carbocycles. The van der Waals surface area contributed by atoms with E-state index in [2.05, 4.69) is 55.6 Å². The molecule has 17 unspecified atom stereocenters. The Morgan fingerprint density at radius 2 is 0.688 bits per heavy atom. The Morgan fingerprint density at radius 1 is 0.376 bits per heavy atom. The van der Waals surface area contributed by atoms with Crippen LogP contribution in [-0.2, 0) is 33.2 Å². The Hall–Kier alpha value is -2.25. The Bertz CT molecular complexity index is 1870. The largest absolute Gasteiger partial charge is 0.394 e. The van der Waals surface area contributed by atoms with Gasteiger partial charge in [0.1, 0.15) is 73.2 Å². The van der Waals surface area contributed by atoms with Gasteiger partial charge in [-0.05, 0) is 70.6 Å². The number of hydrogen-bond acceptors (Lipinski definition) is 18. The number of carbonyl (C=O) groups excluding carboxylic acids is 1. The first-order valence-corrected chi connectivity index (χ1v) is 37.4. The number of unbranched alkanes of at least 4 members (excludes halogenated alkanes) is 36. The molecular formula is C74H135NO18. The number of nitrogens with one attached hydrogen (secondary N) is 1. The molecule has 0 spiro atoms. The summed E-state index contributed by atoms with van der Waals surface area (Å²) >= 11 is 0. The van der Waals surface area contributed by atoms with E-state index >= 15 is 0 Å². The molecule has 19 nitrogen and oxygen atoms in total. The first-order chi connectivity index (χ1) is 45.3. The molecule has 12 N–H and O–H groups in total. The van der Waals surface area contributed by atoms with Gasteiger partial charge in [-0.15, -0.1) is 0 Å². The van der Waals surface area contributed by atoms with Gasteiger partial charge < -0.3 is 89.9 Å². The highest BCUT2D eigenvalue weighted by Crippen LogP contribution is 2.33. The van der Waals surface area contributed by atoms with E-state index in [1.54, 1.807) is 6.08 Å². The van der Waals surface area contributed by atoms with Gasteiger partial charge in [0.05, 0.1) is 38.6 Å². The minimum absolute atomic E-state index is 0.230. The van der Waals surface area contributed by atoms with E-state index in [1.165, 1.54) is 193 Å². The number of ether oxygens (including phenoxy) is 6. The van der Waals surface area contributed by atoms with Crippen LogP contribution in [0.2, 0.25) is 0 Å². The normalized spacial score (nSPS) is 27.8. The lowest BCUT2D eigenvalue weighted by Gasteiger charge is -2.48. The number of hydrogen-bond donors (Lipinski definition) is 12. The maximum absolute atomic E-state index is 13.4. The first kappa shape index (κ1) is 85.0. The SMILES string of the molecule is CCCCCCCCCC/C=C\CCCCCCCCCCCC(=O)NC(COC1OC(CO)C(OC2OC(CO)C(OC3OC(CO)C(O)C(O)C3O)C(O)C2O)C(O)C1O)C(O)/C=C/CC/C=C/CC/C=C/CCCCCCCCCCCCCCCCCCC. The zero-order valence-corrected chi connectivity index (χ0v) is 57.7. The third kappa shape index (κ3) is 37.0. The minimum Gasteiger partial charge on any atom is -0.394 e. The van der Waals surface area contributed by atoms with E-state index in [0.29, 0.717) is 12.8 Å². The van der Waals surface area contributed by atoms with Crippen LogP contribution >= 0.6 is 0 Å². The summed E-state index contributed by atoms with van der Waals surface area (Å²) in [6.45, 7) is 1.74. The second kappa shape index (κ2) is 55.6. The average molecular weight is 1330 g/mol. The Balaban J connectivity index is 1.43. The van der Waals surface area contributed by atoms with E-state index in [0.717, 1.165) is 57.8 Å². The van der Waals surface area contributed by atoms with Crippen molar-refractivity contribution in [2.24, 2.45) is 0 Å². The van der Waals surface area contributed by atoms with E-state index in [4.69, 9.17) is 28.4 Å². The molecule has 0 aliphatic carbocycles. The highest BCUT2D eigenvalue weighted by Gasteiger charge is 2.53. The Labute approximate surface area is 561 Å². The fraction of sp³-hybridized carbons (Fsp3) is 0.878. The van der Waals surface area contributed by atoms with Crippen LogP contribution in [0.15, 0.2) is 48.6 Å². The molecule has 3 aliphatic heterocycles. The molecule has 17 atom stereocenters. The predicted octanol–water partition coefficient (Wildman–Crippen LogP) is 10.9. The number of amides is 1. The second-order valence-electron chi connectivity index (χ2n) is 26.7. The van der Waals surface area contributed by atoms with Gasteiger partial charge in [-0.25, -0.2) is 0 Å². The molecule has 1 amide bonds. The molecule has 544 valence electrons. The topological polar surface area (TPSA) is 307 Å². The van der Waals surface area contributed by atoms with Gasteiger partial charge in [0.25, 0.3) is 0 Å². The molecule has 3 fully saturated rings. The molecule has 0 bridgehead atoms. The van der Waals surface area contributed by atoms with Gasteiger partial charge >= 0.3 is 0 Å². The smallest absolute Gasteiger partial charge is 0.220 e. The summed E-state index contributed by atoms with van der Waals surface area (Å²) in [6, 6.07) is -0.999. The van der Waals surface area contributed by atoms with Crippen LogP contribution in [0.25, 0.3) is 0 Å². The van der Waals surface area contributed by atoms with E-state index in [1.807, 2.05) is 6.08 Å². The number of aliphatic hydroxyl groups is 11. The lowest BCUT2D eigenvalue weighted by molar-refractivity contribution is -0.379. The van der Waals surface area contributed by atoms with Crippen LogP contribution in [0.3, 0.4) is 0 Å². The molecule has 3 heterocycles. The van der Waals surface area contributed by atoms with Crippen molar-refractivity contribution in [3.8, 4) is 0 Å². The summed E-state index contributed by atoms with van der Waals surface area (Å²) in [6.07, 6.45) is 40.9. The molecule has 3 rings (SSSR count). The van der Waals surface area contributed by atoms with Gasteiger partial charge in [-0.3, -0.25) is 4.79 Å². The van der Waals surface area contributed by atoms with Crippen molar-refractivity contribution in [1.82, 2.24) is 5.32 Å². The molecule has 0 aromatic heterocycles. The lowest BCUT2D eigenvalue weighted by atomic mass is 9.96. The van der Waals surface area contributed by atoms with Crippen LogP contribution in [0.1, 0.15) is 284 Å². The monoisotopic (exact) mass is 1330 g/mol. The van der Waals surface area contributed by atoms with Gasteiger partial charge in [-0.2, -0.15) is 0 Å². The lowest BCUT2D eigenvalue weighted by Crippen LogP contribution is -2.66. The quantitative estimate of drug-likeness (QED) is 0.0199. The van der Waals surface area contributed by atoms with E-state index in [9.17, 15) is 61.0 Å². The fourth-order valence-corrected chi connectivity index (χ4v) is 12.5. The molecular weight excluding hydrogens is 1190 g/mol. The van der Waals surface area contributed by atoms with Crippen LogP contribution in [0, 0.1) is 0 Å². The molecule has 19 heteroatoms. The number of rotatable bonds is 58. The van der Waals surface area contributed by atoms with Crippen molar-refractivity contribution >= 4 is 5.91 Å². The van der Waals surface area contributed by atoms with E-state index in [-0.39, 0.29) is 18.9 Å². The van der Waals surface area contributed by atoms with Crippen molar-refractivity contribution in [3.05, 3.63) is 48.6 Å². The van der Waals surface area contributed by atoms with E-state index < -0.39 is 124 Å². The second-order valence-corrected chi connectivity index (χ2v) is 26.7. The van der Waals surface area contributed by atoms with Crippen molar-refractivity contribution in [2.45, 2.75) is 388 Å². The maximum Gasteiger partial charge on any atom is 0.220 e. The first-order valence-electron chi connectivity index (χ1n) is 37.4. The zero-order chi connectivity index (χ0) is 67.5. The number of carbonyl (C=O) groups is 1. The summed E-state index contributed by atoms with van der Waals surface area (Å²) < 4.78 is 34.4. The van der Waals surface area contributed by atoms with Crippen LogP contribution in [0.4, 0.5) is 0 Å². The third-order valence-electron chi connectivity index (χ3n) is 18.6. The van der Waals surface area contributed by atoms with Crippen LogP contribution in [-0.4, -0.2) is 193 Å². The Kier molecular flexibility index (Phi) is 50.8. The molecule has 93 heavy (non-hydrogen) atoms. The summed E-state index contributed by atoms with van der Waals surface area (Å²) in [5.41, 5.74) is 0. The van der Waals surface area contributed by atoms with Crippen molar-refractivity contribution < 1.29 is 89.4 Å². The van der Waals surface area contributed by atoms with Crippen molar-refractivity contribution in [1.29, 1.82) is 0 Å². The highest BCUT2D eigenvalue weighted by atomic mass is 16.8. The summed E-state index contributed by atoms with van der Waals surface area (Å²) in [5, 5.41) is 121. The predicted molar refractivity (Wildman–Crippen MR) is 365 cm³/mol. The van der Waals surface area contributed by atoms with Gasteiger partial charge in [0, 0.05) is 6.42 Å². The van der Waals surface area contributed by atoms with Gasteiger partial charge in [-0.1, -0.05) is 255 Å². The minimum atomic E-state index is -1.98. The molecule has 3 aliphatic rings. The average Bonchev–Trinajstić information content (AvgIpc) is 1.48. The fourth-order valence-electron chi connectivity index (χ4n) is 12.5. The molecule has 3 saturated heterocycles. The van der Waals surface area contributed by atoms with Crippen molar-refractivity contribution in [3.63, 3.8) is 0 Å². The summed E-state index contributed by atoms with van der Waals surface area (Å²) in [7, 11) is 0.